The van der Waals surface area contributed by atoms with Gasteiger partial charge in [-0.25, -0.2) is 12.8 Å². The van der Waals surface area contributed by atoms with E-state index in [9.17, 15) is 22.4 Å². The van der Waals surface area contributed by atoms with Crippen LogP contribution in [0.5, 0.6) is 0 Å². The number of nitrogens with two attached hydrogens (primary N) is 1. The number of fused-ring (bicyclic) bond motifs is 1. The first-order valence-corrected chi connectivity index (χ1v) is 11.8. The predicted octanol–water partition coefficient (Wildman–Crippen LogP) is 0.571. The zero-order valence-corrected chi connectivity index (χ0v) is 18.3. The smallest absolute Gasteiger partial charge is 0.243 e. The van der Waals surface area contributed by atoms with Crippen molar-refractivity contribution in [3.05, 3.63) is 65.5 Å². The number of rotatable bonds is 5. The molecule has 0 aliphatic carbocycles. The summed E-state index contributed by atoms with van der Waals surface area (Å²) in [5.41, 5.74) is 7.71. The number of carbonyl (C=O) groups is 2. The molecular weight excluding hydrogens is 435 g/mol. The highest BCUT2D eigenvalue weighted by Gasteiger charge is 2.34. The van der Waals surface area contributed by atoms with Gasteiger partial charge in [0.05, 0.1) is 17.5 Å². The summed E-state index contributed by atoms with van der Waals surface area (Å²) < 4.78 is 40.2. The number of amides is 2. The van der Waals surface area contributed by atoms with Crippen LogP contribution >= 0.6 is 0 Å². The van der Waals surface area contributed by atoms with Gasteiger partial charge in [0.2, 0.25) is 21.8 Å². The average molecular weight is 461 g/mol. The molecule has 2 N–H and O–H groups in total. The summed E-state index contributed by atoms with van der Waals surface area (Å²) in [7, 11) is -3.83. The molecule has 2 aliphatic heterocycles. The monoisotopic (exact) mass is 460 g/mol. The maximum absolute atomic E-state index is 13.5. The molecule has 1 atom stereocenters. The first-order valence-electron chi connectivity index (χ1n) is 10.4. The maximum atomic E-state index is 13.5. The van der Waals surface area contributed by atoms with Gasteiger partial charge in [-0.05, 0) is 35.7 Å². The van der Waals surface area contributed by atoms with Gasteiger partial charge in [-0.2, -0.15) is 4.31 Å². The first kappa shape index (κ1) is 22.4. The third kappa shape index (κ3) is 4.52. The molecule has 0 radical (unpaired) electrons. The Labute approximate surface area is 186 Å². The van der Waals surface area contributed by atoms with Gasteiger partial charge in [0.1, 0.15) is 5.82 Å². The fourth-order valence-electron chi connectivity index (χ4n) is 4.25. The van der Waals surface area contributed by atoms with Crippen LogP contribution in [0.15, 0.2) is 53.4 Å². The Balaban J connectivity index is 1.40. The Morgan fingerprint density at radius 1 is 1.00 bits per heavy atom. The number of nitrogens with zero attached hydrogens (tertiary/aromatic N) is 3. The van der Waals surface area contributed by atoms with E-state index in [4.69, 9.17) is 5.73 Å². The Hall–Kier alpha value is -2.82. The normalized spacial score (nSPS) is 20.0. The van der Waals surface area contributed by atoms with E-state index in [1.54, 1.807) is 9.80 Å². The third-order valence-electron chi connectivity index (χ3n) is 6.04. The van der Waals surface area contributed by atoms with E-state index in [1.807, 2.05) is 24.3 Å². The zero-order chi connectivity index (χ0) is 22.9. The second kappa shape index (κ2) is 8.97. The molecule has 2 heterocycles. The van der Waals surface area contributed by atoms with Crippen molar-refractivity contribution in [2.24, 2.45) is 5.73 Å². The van der Waals surface area contributed by atoms with Crippen LogP contribution in [-0.2, 0) is 32.6 Å². The number of sulfonamides is 1. The lowest BCUT2D eigenvalue weighted by atomic mass is 9.93. The lowest BCUT2D eigenvalue weighted by molar-refractivity contribution is -0.136. The van der Waals surface area contributed by atoms with Gasteiger partial charge in [0.25, 0.3) is 0 Å². The molecule has 0 aromatic heterocycles. The van der Waals surface area contributed by atoms with Crippen molar-refractivity contribution in [3.63, 3.8) is 0 Å². The fraction of sp³-hybridized carbons (Fsp3) is 0.364. The Kier molecular flexibility index (Phi) is 6.27. The van der Waals surface area contributed by atoms with Crippen LogP contribution in [0.3, 0.4) is 0 Å². The molecule has 2 aromatic rings. The number of hydrogen-bond donors (Lipinski definition) is 1. The van der Waals surface area contributed by atoms with Crippen LogP contribution in [0.25, 0.3) is 0 Å². The van der Waals surface area contributed by atoms with Crippen LogP contribution in [-0.4, -0.2) is 73.1 Å². The summed E-state index contributed by atoms with van der Waals surface area (Å²) in [4.78, 5) is 28.2. The van der Waals surface area contributed by atoms with Crippen molar-refractivity contribution in [1.29, 1.82) is 0 Å². The van der Waals surface area contributed by atoms with Crippen LogP contribution in [0.4, 0.5) is 4.39 Å². The Bertz CT molecular complexity index is 1130. The largest absolute Gasteiger partial charge is 0.368 e. The molecule has 2 aliphatic rings. The number of benzene rings is 2. The number of halogens is 1. The predicted molar refractivity (Wildman–Crippen MR) is 115 cm³/mol. The standard InChI is InChI=1S/C22H25FN4O4S/c23-18-6-3-7-19(13-18)32(30,31)27-10-8-25(9-11-27)21(28)15-26-14-17-5-2-1-4-16(17)12-20(26)22(24)29/h1-7,13,20H,8-12,14-15H2,(H2,24,29)/t20-/m0/s1. The van der Waals surface area contributed by atoms with E-state index in [2.05, 4.69) is 0 Å². The van der Waals surface area contributed by atoms with E-state index < -0.39 is 27.8 Å². The van der Waals surface area contributed by atoms with Gasteiger partial charge in [0, 0.05) is 32.7 Å². The minimum atomic E-state index is -3.83. The maximum Gasteiger partial charge on any atom is 0.243 e. The third-order valence-corrected chi connectivity index (χ3v) is 7.93. The minimum Gasteiger partial charge on any atom is -0.368 e. The van der Waals surface area contributed by atoms with E-state index in [0.717, 1.165) is 17.2 Å². The lowest BCUT2D eigenvalue weighted by Crippen LogP contribution is -2.55. The number of carbonyl (C=O) groups excluding carboxylic acids is 2. The summed E-state index contributed by atoms with van der Waals surface area (Å²) in [5, 5.41) is 0. The summed E-state index contributed by atoms with van der Waals surface area (Å²) >= 11 is 0. The van der Waals surface area contributed by atoms with Crippen molar-refractivity contribution in [3.8, 4) is 0 Å². The summed E-state index contributed by atoms with van der Waals surface area (Å²) in [6.07, 6.45) is 0.457. The molecule has 0 unspecified atom stereocenters. The molecule has 4 rings (SSSR count). The quantitative estimate of drug-likeness (QED) is 0.703. The lowest BCUT2D eigenvalue weighted by Gasteiger charge is -2.38. The highest BCUT2D eigenvalue weighted by Crippen LogP contribution is 2.24. The van der Waals surface area contributed by atoms with Gasteiger partial charge in [-0.15, -0.1) is 0 Å². The molecule has 2 aromatic carbocycles. The molecule has 170 valence electrons. The van der Waals surface area contributed by atoms with Crippen molar-refractivity contribution < 1.29 is 22.4 Å². The summed E-state index contributed by atoms with van der Waals surface area (Å²) in [5.74, 6) is -1.27. The first-order chi connectivity index (χ1) is 15.3. The second-order valence-corrected chi connectivity index (χ2v) is 9.98. The minimum absolute atomic E-state index is 0.0264. The van der Waals surface area contributed by atoms with Gasteiger partial charge in [0.15, 0.2) is 0 Å². The second-order valence-electron chi connectivity index (χ2n) is 8.04. The van der Waals surface area contributed by atoms with Crippen LogP contribution in [0.2, 0.25) is 0 Å². The Morgan fingerprint density at radius 3 is 2.34 bits per heavy atom. The fourth-order valence-corrected chi connectivity index (χ4v) is 5.71. The van der Waals surface area contributed by atoms with E-state index in [1.165, 1.54) is 22.5 Å². The summed E-state index contributed by atoms with van der Waals surface area (Å²) in [6, 6.07) is 12.1. The molecule has 0 bridgehead atoms. The average Bonchev–Trinajstić information content (AvgIpc) is 2.78. The van der Waals surface area contributed by atoms with Crippen molar-refractivity contribution >= 4 is 21.8 Å². The van der Waals surface area contributed by atoms with E-state index >= 15 is 0 Å². The molecule has 0 spiro atoms. The van der Waals surface area contributed by atoms with Gasteiger partial charge >= 0.3 is 0 Å². The van der Waals surface area contributed by atoms with E-state index in [0.29, 0.717) is 13.0 Å². The topological polar surface area (TPSA) is 104 Å². The SMILES string of the molecule is NC(=O)[C@@H]1Cc2ccccc2CN1CC(=O)N1CCN(S(=O)(=O)c2cccc(F)c2)CC1. The van der Waals surface area contributed by atoms with Crippen LogP contribution in [0, 0.1) is 5.82 Å². The highest BCUT2D eigenvalue weighted by atomic mass is 32.2. The van der Waals surface area contributed by atoms with E-state index in [-0.39, 0.29) is 43.5 Å². The van der Waals surface area contributed by atoms with Gasteiger partial charge < -0.3 is 10.6 Å². The molecule has 10 heteroatoms. The van der Waals surface area contributed by atoms with Crippen molar-refractivity contribution in [2.45, 2.75) is 23.9 Å². The zero-order valence-electron chi connectivity index (χ0n) is 17.5. The number of hydrogen-bond acceptors (Lipinski definition) is 5. The van der Waals surface area contributed by atoms with Crippen LogP contribution < -0.4 is 5.73 Å². The molecule has 1 fully saturated rings. The molecule has 2 amide bonds. The molecule has 8 nitrogen and oxygen atoms in total. The van der Waals surface area contributed by atoms with Crippen molar-refractivity contribution in [1.82, 2.24) is 14.1 Å². The van der Waals surface area contributed by atoms with Crippen molar-refractivity contribution in [2.75, 3.05) is 32.7 Å². The molecule has 0 saturated carbocycles. The molecular formula is C22H25FN4O4S. The number of primary amides is 1. The molecule has 1 saturated heterocycles. The highest BCUT2D eigenvalue weighted by molar-refractivity contribution is 7.89. The number of piperazine rings is 1. The van der Waals surface area contributed by atoms with Crippen LogP contribution in [0.1, 0.15) is 11.1 Å². The molecule has 32 heavy (non-hydrogen) atoms. The Morgan fingerprint density at radius 2 is 1.69 bits per heavy atom. The summed E-state index contributed by atoms with van der Waals surface area (Å²) in [6.45, 7) is 1.15. The van der Waals surface area contributed by atoms with Gasteiger partial charge in [-0.3, -0.25) is 14.5 Å². The van der Waals surface area contributed by atoms with Gasteiger partial charge in [-0.1, -0.05) is 30.3 Å².